The lowest BCUT2D eigenvalue weighted by Gasteiger charge is -2.15. The van der Waals surface area contributed by atoms with Crippen LogP contribution >= 0.6 is 0 Å². The fraction of sp³-hybridized carbons (Fsp3) is 0.389. The lowest BCUT2D eigenvalue weighted by molar-refractivity contribution is -0.145. The molecule has 27 heavy (non-hydrogen) atoms. The molecule has 0 saturated heterocycles. The Balaban J connectivity index is 1.90. The van der Waals surface area contributed by atoms with E-state index in [2.05, 4.69) is 15.7 Å². The number of aromatic nitrogens is 2. The van der Waals surface area contributed by atoms with E-state index in [0.717, 1.165) is 16.4 Å². The number of benzene rings is 1. The van der Waals surface area contributed by atoms with Crippen molar-refractivity contribution >= 4 is 11.8 Å². The van der Waals surface area contributed by atoms with Crippen molar-refractivity contribution in [2.45, 2.75) is 39.0 Å². The van der Waals surface area contributed by atoms with Crippen LogP contribution in [-0.2, 0) is 17.5 Å². The first-order valence-corrected chi connectivity index (χ1v) is 8.43. The summed E-state index contributed by atoms with van der Waals surface area (Å²) in [5.41, 5.74) is -0.727. The SMILES string of the molecule is CC(C)n1ncc(C(=O)NCCC(=O)NCc2ccccc2)c1C(F)(F)F. The zero-order valence-corrected chi connectivity index (χ0v) is 15.0. The normalized spacial score (nSPS) is 11.5. The molecule has 1 heterocycles. The molecular weight excluding hydrogens is 361 g/mol. The van der Waals surface area contributed by atoms with Crippen LogP contribution in [0.3, 0.4) is 0 Å². The summed E-state index contributed by atoms with van der Waals surface area (Å²) in [6.45, 7) is 3.35. The molecule has 0 aliphatic heterocycles. The van der Waals surface area contributed by atoms with Gasteiger partial charge in [-0.2, -0.15) is 18.3 Å². The monoisotopic (exact) mass is 382 g/mol. The van der Waals surface area contributed by atoms with E-state index in [4.69, 9.17) is 0 Å². The minimum atomic E-state index is -4.71. The summed E-state index contributed by atoms with van der Waals surface area (Å²) in [6.07, 6.45) is -3.85. The zero-order valence-electron chi connectivity index (χ0n) is 15.0. The number of nitrogens with one attached hydrogen (secondary N) is 2. The zero-order chi connectivity index (χ0) is 20.0. The molecule has 2 N–H and O–H groups in total. The average Bonchev–Trinajstić information content (AvgIpc) is 3.07. The molecule has 2 amide bonds. The van der Waals surface area contributed by atoms with E-state index in [1.54, 1.807) is 13.8 Å². The molecular formula is C18H21F3N4O2. The number of nitrogens with zero attached hydrogens (tertiary/aromatic N) is 2. The van der Waals surface area contributed by atoms with Crippen LogP contribution in [0.1, 0.15) is 47.9 Å². The molecule has 0 aliphatic rings. The van der Waals surface area contributed by atoms with Gasteiger partial charge in [0.2, 0.25) is 5.91 Å². The maximum atomic E-state index is 13.3. The van der Waals surface area contributed by atoms with E-state index in [1.165, 1.54) is 0 Å². The van der Waals surface area contributed by atoms with Gasteiger partial charge in [-0.3, -0.25) is 14.3 Å². The van der Waals surface area contributed by atoms with Gasteiger partial charge in [-0.15, -0.1) is 0 Å². The van der Waals surface area contributed by atoms with Gasteiger partial charge < -0.3 is 10.6 Å². The number of rotatable bonds is 7. The smallest absolute Gasteiger partial charge is 0.352 e. The Morgan fingerprint density at radius 1 is 1.15 bits per heavy atom. The Bertz CT molecular complexity index is 786. The van der Waals surface area contributed by atoms with Crippen LogP contribution in [0.4, 0.5) is 13.2 Å². The van der Waals surface area contributed by atoms with Crippen molar-refractivity contribution < 1.29 is 22.8 Å². The number of hydrogen-bond acceptors (Lipinski definition) is 3. The third-order valence-corrected chi connectivity index (χ3v) is 3.77. The topological polar surface area (TPSA) is 76.0 Å². The van der Waals surface area contributed by atoms with Crippen molar-refractivity contribution in [3.05, 3.63) is 53.3 Å². The number of halogens is 3. The summed E-state index contributed by atoms with van der Waals surface area (Å²) in [4.78, 5) is 23.9. The molecule has 146 valence electrons. The van der Waals surface area contributed by atoms with E-state index in [-0.39, 0.29) is 18.9 Å². The molecule has 0 fully saturated rings. The minimum absolute atomic E-state index is 0.0434. The van der Waals surface area contributed by atoms with Crippen LogP contribution < -0.4 is 10.6 Å². The third kappa shape index (κ3) is 5.57. The summed E-state index contributed by atoms with van der Waals surface area (Å²) in [5, 5.41) is 8.69. The summed E-state index contributed by atoms with van der Waals surface area (Å²) in [7, 11) is 0. The second-order valence-corrected chi connectivity index (χ2v) is 6.21. The van der Waals surface area contributed by atoms with E-state index in [9.17, 15) is 22.8 Å². The predicted molar refractivity (Wildman–Crippen MR) is 92.9 cm³/mol. The first-order chi connectivity index (χ1) is 12.7. The van der Waals surface area contributed by atoms with Crippen LogP contribution in [0.15, 0.2) is 36.5 Å². The molecule has 6 nitrogen and oxygen atoms in total. The molecule has 0 saturated carbocycles. The van der Waals surface area contributed by atoms with Crippen molar-refractivity contribution in [1.29, 1.82) is 0 Å². The van der Waals surface area contributed by atoms with Gasteiger partial charge in [0.25, 0.3) is 5.91 Å². The molecule has 1 aromatic heterocycles. The van der Waals surface area contributed by atoms with Gasteiger partial charge in [-0.1, -0.05) is 30.3 Å². The van der Waals surface area contributed by atoms with Crippen molar-refractivity contribution in [1.82, 2.24) is 20.4 Å². The molecule has 0 atom stereocenters. The van der Waals surface area contributed by atoms with Crippen LogP contribution in [0.5, 0.6) is 0 Å². The van der Waals surface area contributed by atoms with Crippen LogP contribution in [0.2, 0.25) is 0 Å². The maximum absolute atomic E-state index is 13.3. The van der Waals surface area contributed by atoms with Crippen molar-refractivity contribution in [3.8, 4) is 0 Å². The molecule has 2 aromatic rings. The number of amides is 2. The Morgan fingerprint density at radius 3 is 2.41 bits per heavy atom. The van der Waals surface area contributed by atoms with Crippen LogP contribution in [0, 0.1) is 0 Å². The highest BCUT2D eigenvalue weighted by atomic mass is 19.4. The average molecular weight is 382 g/mol. The summed E-state index contributed by atoms with van der Waals surface area (Å²) in [6, 6.07) is 8.71. The first-order valence-electron chi connectivity index (χ1n) is 8.43. The molecule has 0 unspecified atom stereocenters. The molecule has 0 spiro atoms. The molecule has 0 aliphatic carbocycles. The van der Waals surface area contributed by atoms with E-state index in [1.807, 2.05) is 30.3 Å². The number of hydrogen-bond donors (Lipinski definition) is 2. The van der Waals surface area contributed by atoms with Crippen molar-refractivity contribution in [2.24, 2.45) is 0 Å². The number of carbonyl (C=O) groups is 2. The predicted octanol–water partition coefficient (Wildman–Crippen LogP) is 2.92. The van der Waals surface area contributed by atoms with Gasteiger partial charge in [-0.25, -0.2) is 0 Å². The maximum Gasteiger partial charge on any atom is 0.433 e. The lowest BCUT2D eigenvalue weighted by atomic mass is 10.2. The van der Waals surface area contributed by atoms with Gasteiger partial charge in [0.15, 0.2) is 5.69 Å². The molecule has 0 bridgehead atoms. The molecule has 2 rings (SSSR count). The first kappa shape index (κ1) is 20.5. The Hall–Kier alpha value is -2.84. The van der Waals surface area contributed by atoms with Gasteiger partial charge >= 0.3 is 6.18 Å². The standard InChI is InChI=1S/C18H21F3N4O2/c1-12(2)25-16(18(19,20)21)14(11-24-25)17(27)22-9-8-15(26)23-10-13-6-4-3-5-7-13/h3-7,11-12H,8-10H2,1-2H3,(H,22,27)(H,23,26). The largest absolute Gasteiger partial charge is 0.433 e. The highest BCUT2D eigenvalue weighted by Gasteiger charge is 2.40. The third-order valence-electron chi connectivity index (χ3n) is 3.77. The Morgan fingerprint density at radius 2 is 1.81 bits per heavy atom. The van der Waals surface area contributed by atoms with Crippen molar-refractivity contribution in [3.63, 3.8) is 0 Å². The highest BCUT2D eigenvalue weighted by Crippen LogP contribution is 2.33. The number of carbonyl (C=O) groups excluding carboxylic acids is 2. The quantitative estimate of drug-likeness (QED) is 0.773. The highest BCUT2D eigenvalue weighted by molar-refractivity contribution is 5.95. The Kier molecular flexibility index (Phi) is 6.59. The number of alkyl halides is 3. The fourth-order valence-electron chi connectivity index (χ4n) is 2.47. The van der Waals surface area contributed by atoms with E-state index in [0.29, 0.717) is 6.54 Å². The van der Waals surface area contributed by atoms with Crippen LogP contribution in [-0.4, -0.2) is 28.1 Å². The van der Waals surface area contributed by atoms with E-state index < -0.39 is 29.4 Å². The molecule has 0 radical (unpaired) electrons. The second kappa shape index (κ2) is 8.70. The molecule has 1 aromatic carbocycles. The Labute approximate surface area is 154 Å². The van der Waals surface area contributed by atoms with Gasteiger partial charge in [0, 0.05) is 25.6 Å². The molecule has 9 heteroatoms. The second-order valence-electron chi connectivity index (χ2n) is 6.21. The van der Waals surface area contributed by atoms with Crippen LogP contribution in [0.25, 0.3) is 0 Å². The van der Waals surface area contributed by atoms with Gasteiger partial charge in [-0.05, 0) is 19.4 Å². The van der Waals surface area contributed by atoms with E-state index >= 15 is 0 Å². The fourth-order valence-corrected chi connectivity index (χ4v) is 2.47. The summed E-state index contributed by atoms with van der Waals surface area (Å²) >= 11 is 0. The van der Waals surface area contributed by atoms with Crippen molar-refractivity contribution in [2.75, 3.05) is 6.54 Å². The van der Waals surface area contributed by atoms with Gasteiger partial charge in [0.1, 0.15) is 0 Å². The lowest BCUT2D eigenvalue weighted by Crippen LogP contribution is -2.31. The summed E-state index contributed by atoms with van der Waals surface area (Å²) < 4.78 is 40.6. The van der Waals surface area contributed by atoms with Gasteiger partial charge in [0.05, 0.1) is 11.8 Å². The summed E-state index contributed by atoms with van der Waals surface area (Å²) in [5.74, 6) is -1.22. The minimum Gasteiger partial charge on any atom is -0.352 e.